The summed E-state index contributed by atoms with van der Waals surface area (Å²) in [4.78, 5) is 0. The van der Waals surface area contributed by atoms with Crippen LogP contribution in [0.1, 0.15) is 31.7 Å². The van der Waals surface area contributed by atoms with E-state index < -0.39 is 0 Å². The zero-order chi connectivity index (χ0) is 15.3. The first-order valence-electron chi connectivity index (χ1n) is 7.52. The van der Waals surface area contributed by atoms with Crippen molar-refractivity contribution in [3.8, 4) is 0 Å². The summed E-state index contributed by atoms with van der Waals surface area (Å²) in [7, 11) is 1.69. The van der Waals surface area contributed by atoms with Gasteiger partial charge in [0, 0.05) is 32.9 Å². The molecule has 1 heterocycles. The predicted octanol–water partition coefficient (Wildman–Crippen LogP) is 1.99. The standard InChI is InChI=1S/C15H28N2O4/c1-13(2)10-16-11-14-9-15(21-17-14)12-20-8-7-19-6-4-5-18-3/h9,13,16H,4-8,10-12H2,1-3H3. The fraction of sp³-hybridized carbons (Fsp3) is 0.800. The Balaban J connectivity index is 2.01. The SMILES string of the molecule is COCCCOCCOCc1cc(CNCC(C)C)no1. The van der Waals surface area contributed by atoms with E-state index >= 15 is 0 Å². The molecule has 6 heteroatoms. The van der Waals surface area contributed by atoms with Crippen LogP contribution < -0.4 is 5.32 Å². The molecule has 21 heavy (non-hydrogen) atoms. The fourth-order valence-corrected chi connectivity index (χ4v) is 1.69. The number of nitrogens with zero attached hydrogens (tertiary/aromatic N) is 1. The van der Waals surface area contributed by atoms with Gasteiger partial charge in [-0.3, -0.25) is 0 Å². The largest absolute Gasteiger partial charge is 0.385 e. The molecule has 0 saturated heterocycles. The summed E-state index contributed by atoms with van der Waals surface area (Å²) in [5, 5.41) is 7.32. The third-order valence-corrected chi connectivity index (χ3v) is 2.72. The van der Waals surface area contributed by atoms with Crippen LogP contribution in [0.5, 0.6) is 0 Å². The van der Waals surface area contributed by atoms with Crippen LogP contribution in [0.15, 0.2) is 10.6 Å². The highest BCUT2D eigenvalue weighted by Crippen LogP contribution is 2.05. The Hall–Kier alpha value is -0.950. The van der Waals surface area contributed by atoms with Crippen molar-refractivity contribution in [2.24, 2.45) is 5.92 Å². The third kappa shape index (κ3) is 9.57. The monoisotopic (exact) mass is 300 g/mol. The Bertz CT molecular complexity index is 355. The summed E-state index contributed by atoms with van der Waals surface area (Å²) >= 11 is 0. The lowest BCUT2D eigenvalue weighted by molar-refractivity contribution is 0.0272. The minimum absolute atomic E-state index is 0.429. The van der Waals surface area contributed by atoms with Crippen molar-refractivity contribution in [3.63, 3.8) is 0 Å². The lowest BCUT2D eigenvalue weighted by Crippen LogP contribution is -2.19. The number of hydrogen-bond acceptors (Lipinski definition) is 6. The van der Waals surface area contributed by atoms with Crippen LogP contribution in [-0.2, 0) is 27.4 Å². The van der Waals surface area contributed by atoms with E-state index in [0.29, 0.717) is 32.3 Å². The lowest BCUT2D eigenvalue weighted by Gasteiger charge is -2.04. The van der Waals surface area contributed by atoms with Gasteiger partial charge in [0.05, 0.1) is 18.9 Å². The molecule has 0 bridgehead atoms. The summed E-state index contributed by atoms with van der Waals surface area (Å²) in [6.45, 7) is 9.04. The first-order chi connectivity index (χ1) is 10.2. The molecule has 0 radical (unpaired) electrons. The number of rotatable bonds is 13. The number of ether oxygens (including phenoxy) is 3. The average molecular weight is 300 g/mol. The van der Waals surface area contributed by atoms with Gasteiger partial charge >= 0.3 is 0 Å². The molecule has 0 fully saturated rings. The van der Waals surface area contributed by atoms with E-state index in [9.17, 15) is 0 Å². The van der Waals surface area contributed by atoms with Crippen molar-refractivity contribution < 1.29 is 18.7 Å². The van der Waals surface area contributed by atoms with Crippen LogP contribution in [0.2, 0.25) is 0 Å². The Kier molecular flexibility index (Phi) is 10.1. The first kappa shape index (κ1) is 18.1. The van der Waals surface area contributed by atoms with E-state index in [1.54, 1.807) is 7.11 Å². The smallest absolute Gasteiger partial charge is 0.162 e. The number of nitrogens with one attached hydrogen (secondary N) is 1. The summed E-state index contributed by atoms with van der Waals surface area (Å²) in [5.41, 5.74) is 0.907. The molecule has 0 unspecified atom stereocenters. The van der Waals surface area contributed by atoms with Crippen LogP contribution >= 0.6 is 0 Å². The molecule has 0 saturated carbocycles. The fourth-order valence-electron chi connectivity index (χ4n) is 1.69. The van der Waals surface area contributed by atoms with Crippen LogP contribution in [0.4, 0.5) is 0 Å². The minimum Gasteiger partial charge on any atom is -0.385 e. The molecule has 0 spiro atoms. The third-order valence-electron chi connectivity index (χ3n) is 2.72. The van der Waals surface area contributed by atoms with Gasteiger partial charge in [0.2, 0.25) is 0 Å². The molecule has 0 aliphatic carbocycles. The van der Waals surface area contributed by atoms with E-state index in [1.165, 1.54) is 0 Å². The maximum Gasteiger partial charge on any atom is 0.162 e. The van der Waals surface area contributed by atoms with Gasteiger partial charge in [-0.05, 0) is 18.9 Å². The van der Waals surface area contributed by atoms with Gasteiger partial charge in [-0.1, -0.05) is 19.0 Å². The van der Waals surface area contributed by atoms with Crippen molar-refractivity contribution in [3.05, 3.63) is 17.5 Å². The molecule has 1 aromatic rings. The molecule has 1 aromatic heterocycles. The molecular weight excluding hydrogens is 272 g/mol. The number of aromatic nitrogens is 1. The second-order valence-electron chi connectivity index (χ2n) is 5.32. The van der Waals surface area contributed by atoms with Crippen molar-refractivity contribution >= 4 is 0 Å². The van der Waals surface area contributed by atoms with Gasteiger partial charge in [0.1, 0.15) is 6.61 Å². The van der Waals surface area contributed by atoms with Crippen molar-refractivity contribution in [2.45, 2.75) is 33.4 Å². The Morgan fingerprint density at radius 2 is 2.00 bits per heavy atom. The highest BCUT2D eigenvalue weighted by atomic mass is 16.5. The first-order valence-corrected chi connectivity index (χ1v) is 7.52. The minimum atomic E-state index is 0.429. The van der Waals surface area contributed by atoms with Crippen LogP contribution in [-0.4, -0.2) is 45.2 Å². The zero-order valence-electron chi connectivity index (χ0n) is 13.4. The lowest BCUT2D eigenvalue weighted by atomic mass is 10.2. The second-order valence-corrected chi connectivity index (χ2v) is 5.32. The topological polar surface area (TPSA) is 65.8 Å². The van der Waals surface area contributed by atoms with Gasteiger partial charge in [-0.2, -0.15) is 0 Å². The highest BCUT2D eigenvalue weighted by molar-refractivity contribution is 5.04. The van der Waals surface area contributed by atoms with E-state index in [-0.39, 0.29) is 0 Å². The second kappa shape index (κ2) is 11.7. The molecule has 0 aliphatic rings. The molecule has 0 aliphatic heterocycles. The quantitative estimate of drug-likeness (QED) is 0.562. The molecule has 0 amide bonds. The van der Waals surface area contributed by atoms with Gasteiger partial charge in [0.25, 0.3) is 0 Å². The molecule has 122 valence electrons. The van der Waals surface area contributed by atoms with Gasteiger partial charge < -0.3 is 24.1 Å². The summed E-state index contributed by atoms with van der Waals surface area (Å²) in [6, 6.07) is 1.92. The maximum absolute atomic E-state index is 5.47. The maximum atomic E-state index is 5.47. The average Bonchev–Trinajstić information content (AvgIpc) is 2.89. The Morgan fingerprint density at radius 1 is 1.19 bits per heavy atom. The predicted molar refractivity (Wildman–Crippen MR) is 80.0 cm³/mol. The van der Waals surface area contributed by atoms with Crippen LogP contribution in [0, 0.1) is 5.92 Å². The number of hydrogen-bond donors (Lipinski definition) is 1. The van der Waals surface area contributed by atoms with Crippen LogP contribution in [0.3, 0.4) is 0 Å². The number of methoxy groups -OCH3 is 1. The van der Waals surface area contributed by atoms with E-state index in [2.05, 4.69) is 24.3 Å². The van der Waals surface area contributed by atoms with Crippen LogP contribution in [0.25, 0.3) is 0 Å². The van der Waals surface area contributed by atoms with E-state index in [1.807, 2.05) is 6.07 Å². The van der Waals surface area contributed by atoms with Crippen molar-refractivity contribution in [1.29, 1.82) is 0 Å². The summed E-state index contributed by atoms with van der Waals surface area (Å²) < 4.78 is 21.0. The highest BCUT2D eigenvalue weighted by Gasteiger charge is 2.04. The van der Waals surface area contributed by atoms with Gasteiger partial charge in [-0.25, -0.2) is 0 Å². The summed E-state index contributed by atoms with van der Waals surface area (Å²) in [5.74, 6) is 1.37. The van der Waals surface area contributed by atoms with E-state index in [4.69, 9.17) is 18.7 Å². The molecular formula is C15H28N2O4. The molecule has 0 atom stereocenters. The Labute approximate surface area is 127 Å². The van der Waals surface area contributed by atoms with Gasteiger partial charge in [0.15, 0.2) is 5.76 Å². The van der Waals surface area contributed by atoms with Crippen molar-refractivity contribution in [2.75, 3.05) is 40.1 Å². The Morgan fingerprint density at radius 3 is 2.76 bits per heavy atom. The van der Waals surface area contributed by atoms with E-state index in [0.717, 1.165) is 37.6 Å². The normalized spacial score (nSPS) is 11.4. The van der Waals surface area contributed by atoms with Gasteiger partial charge in [-0.15, -0.1) is 0 Å². The molecule has 6 nitrogen and oxygen atoms in total. The molecule has 1 rings (SSSR count). The molecule has 0 aromatic carbocycles. The summed E-state index contributed by atoms with van der Waals surface area (Å²) in [6.07, 6.45) is 0.908. The molecule has 1 N–H and O–H groups in total. The zero-order valence-corrected chi connectivity index (χ0v) is 13.4. The van der Waals surface area contributed by atoms with Crippen molar-refractivity contribution in [1.82, 2.24) is 10.5 Å².